The molecule has 1 aromatic carbocycles. The number of hydrogen-bond acceptors (Lipinski definition) is 3. The van der Waals surface area contributed by atoms with Gasteiger partial charge in [-0.2, -0.15) is 5.10 Å². The first-order chi connectivity index (χ1) is 9.75. The predicted molar refractivity (Wildman–Crippen MR) is 78.6 cm³/mol. The Bertz CT molecular complexity index is 703. The van der Waals surface area contributed by atoms with Gasteiger partial charge in [-0.05, 0) is 42.8 Å². The van der Waals surface area contributed by atoms with Crippen LogP contribution in [0, 0.1) is 6.92 Å². The highest BCUT2D eigenvalue weighted by Crippen LogP contribution is 2.21. The van der Waals surface area contributed by atoms with E-state index in [1.165, 1.54) is 0 Å². The second-order valence-corrected chi connectivity index (χ2v) is 4.71. The molecule has 0 aliphatic rings. The van der Waals surface area contributed by atoms with Crippen LogP contribution in [0.1, 0.15) is 23.0 Å². The molecular weight excluding hydrogens is 248 g/mol. The van der Waals surface area contributed by atoms with E-state index in [4.69, 9.17) is 5.73 Å². The molecule has 2 aromatic heterocycles. The average Bonchev–Trinajstić information content (AvgIpc) is 2.97. The summed E-state index contributed by atoms with van der Waals surface area (Å²) >= 11 is 0. The molecule has 0 spiro atoms. The van der Waals surface area contributed by atoms with Crippen molar-refractivity contribution in [1.82, 2.24) is 14.8 Å². The number of rotatable bonds is 3. The lowest BCUT2D eigenvalue weighted by Gasteiger charge is -2.15. The summed E-state index contributed by atoms with van der Waals surface area (Å²) in [5.41, 5.74) is 10.3. The lowest BCUT2D eigenvalue weighted by Crippen LogP contribution is -2.17. The van der Waals surface area contributed by atoms with Gasteiger partial charge in [-0.1, -0.05) is 18.2 Å². The van der Waals surface area contributed by atoms with Gasteiger partial charge in [0.15, 0.2) is 0 Å². The summed E-state index contributed by atoms with van der Waals surface area (Å²) in [6.07, 6.45) is 3.56. The number of hydrogen-bond donors (Lipinski definition) is 1. The van der Waals surface area contributed by atoms with E-state index in [1.54, 1.807) is 12.4 Å². The second-order valence-electron chi connectivity index (χ2n) is 4.71. The third kappa shape index (κ3) is 2.33. The fourth-order valence-electron chi connectivity index (χ4n) is 2.27. The number of nitrogens with two attached hydrogens (primary N) is 1. The number of para-hydroxylation sites is 1. The molecule has 0 saturated carbocycles. The number of benzene rings is 1. The van der Waals surface area contributed by atoms with E-state index in [9.17, 15) is 0 Å². The molecule has 0 amide bonds. The Kier molecular flexibility index (Phi) is 3.31. The first-order valence-corrected chi connectivity index (χ1v) is 6.53. The molecule has 20 heavy (non-hydrogen) atoms. The number of aromatic nitrogens is 3. The Morgan fingerprint density at radius 2 is 1.85 bits per heavy atom. The predicted octanol–water partition coefficient (Wildman–Crippen LogP) is 2.62. The zero-order chi connectivity index (χ0) is 13.9. The highest BCUT2D eigenvalue weighted by atomic mass is 15.3. The molecule has 0 radical (unpaired) electrons. The lowest BCUT2D eigenvalue weighted by atomic mass is 10.1. The third-order valence-corrected chi connectivity index (χ3v) is 3.27. The van der Waals surface area contributed by atoms with Crippen LogP contribution in [0.2, 0.25) is 0 Å². The maximum atomic E-state index is 6.38. The van der Waals surface area contributed by atoms with Gasteiger partial charge in [0.1, 0.15) is 0 Å². The van der Waals surface area contributed by atoms with Crippen LogP contribution in [-0.4, -0.2) is 14.8 Å². The van der Waals surface area contributed by atoms with Crippen LogP contribution >= 0.6 is 0 Å². The Hall–Kier alpha value is -2.46. The van der Waals surface area contributed by atoms with Gasteiger partial charge in [-0.25, -0.2) is 4.68 Å². The van der Waals surface area contributed by atoms with Crippen LogP contribution in [0.4, 0.5) is 0 Å². The van der Waals surface area contributed by atoms with Gasteiger partial charge in [0.25, 0.3) is 0 Å². The van der Waals surface area contributed by atoms with Crippen molar-refractivity contribution in [2.24, 2.45) is 5.73 Å². The van der Waals surface area contributed by atoms with Crippen LogP contribution in [0.15, 0.2) is 60.9 Å². The van der Waals surface area contributed by atoms with E-state index in [2.05, 4.69) is 10.1 Å². The summed E-state index contributed by atoms with van der Waals surface area (Å²) in [5, 5.41) is 4.38. The molecular formula is C16H16N4. The van der Waals surface area contributed by atoms with Crippen LogP contribution in [-0.2, 0) is 0 Å². The standard InChI is InChI=1S/C16H16N4/c1-12-11-13(7-9-18-12)16(17)15-8-10-19-20(15)14-5-3-2-4-6-14/h2-11,16H,17H2,1H3. The van der Waals surface area contributed by atoms with E-state index >= 15 is 0 Å². The third-order valence-electron chi connectivity index (χ3n) is 3.27. The topological polar surface area (TPSA) is 56.7 Å². The van der Waals surface area contributed by atoms with Crippen LogP contribution in [0.3, 0.4) is 0 Å². The second kappa shape index (κ2) is 5.27. The molecule has 0 aliphatic carbocycles. The SMILES string of the molecule is Cc1cc(C(N)c2ccnn2-c2ccccc2)ccn1. The Morgan fingerprint density at radius 1 is 1.05 bits per heavy atom. The quantitative estimate of drug-likeness (QED) is 0.791. The summed E-state index contributed by atoms with van der Waals surface area (Å²) < 4.78 is 1.88. The normalized spacial score (nSPS) is 12.3. The maximum Gasteiger partial charge on any atom is 0.0729 e. The smallest absolute Gasteiger partial charge is 0.0729 e. The number of aryl methyl sites for hydroxylation is 1. The molecule has 1 atom stereocenters. The van der Waals surface area contributed by atoms with Crippen LogP contribution in [0.5, 0.6) is 0 Å². The van der Waals surface area contributed by atoms with Crippen LogP contribution < -0.4 is 5.73 Å². The van der Waals surface area contributed by atoms with Gasteiger partial charge in [0.2, 0.25) is 0 Å². The zero-order valence-electron chi connectivity index (χ0n) is 11.3. The Morgan fingerprint density at radius 3 is 2.60 bits per heavy atom. The molecule has 0 aliphatic heterocycles. The monoisotopic (exact) mass is 264 g/mol. The molecule has 0 bridgehead atoms. The fourth-order valence-corrected chi connectivity index (χ4v) is 2.27. The lowest BCUT2D eigenvalue weighted by molar-refractivity contribution is 0.737. The Balaban J connectivity index is 2.02. The van der Waals surface area contributed by atoms with Gasteiger partial charge < -0.3 is 5.73 Å². The summed E-state index contributed by atoms with van der Waals surface area (Å²) in [5.74, 6) is 0. The highest BCUT2D eigenvalue weighted by Gasteiger charge is 2.15. The molecule has 3 aromatic rings. The largest absolute Gasteiger partial charge is 0.319 e. The van der Waals surface area contributed by atoms with E-state index in [-0.39, 0.29) is 6.04 Å². The minimum absolute atomic E-state index is 0.223. The molecule has 100 valence electrons. The molecule has 4 nitrogen and oxygen atoms in total. The summed E-state index contributed by atoms with van der Waals surface area (Å²) in [6, 6.07) is 15.7. The minimum Gasteiger partial charge on any atom is -0.319 e. The Labute approximate surface area is 117 Å². The minimum atomic E-state index is -0.223. The first-order valence-electron chi connectivity index (χ1n) is 6.53. The molecule has 2 heterocycles. The molecule has 0 saturated heterocycles. The van der Waals surface area contributed by atoms with E-state index in [1.807, 2.05) is 60.1 Å². The summed E-state index contributed by atoms with van der Waals surface area (Å²) in [6.45, 7) is 1.96. The zero-order valence-corrected chi connectivity index (χ0v) is 11.3. The van der Waals surface area contributed by atoms with Crippen molar-refractivity contribution in [1.29, 1.82) is 0 Å². The molecule has 4 heteroatoms. The van der Waals surface area contributed by atoms with Crippen molar-refractivity contribution in [3.63, 3.8) is 0 Å². The molecule has 2 N–H and O–H groups in total. The highest BCUT2D eigenvalue weighted by molar-refractivity contribution is 5.36. The van der Waals surface area contributed by atoms with Gasteiger partial charge >= 0.3 is 0 Å². The molecule has 1 unspecified atom stereocenters. The van der Waals surface area contributed by atoms with Gasteiger partial charge in [-0.15, -0.1) is 0 Å². The fraction of sp³-hybridized carbons (Fsp3) is 0.125. The van der Waals surface area contributed by atoms with E-state index < -0.39 is 0 Å². The molecule has 3 rings (SSSR count). The van der Waals surface area contributed by atoms with E-state index in [0.29, 0.717) is 0 Å². The number of nitrogens with zero attached hydrogens (tertiary/aromatic N) is 3. The van der Waals surface area contributed by atoms with Gasteiger partial charge in [-0.3, -0.25) is 4.98 Å². The van der Waals surface area contributed by atoms with Crippen molar-refractivity contribution in [2.75, 3.05) is 0 Å². The first kappa shape index (κ1) is 12.6. The van der Waals surface area contributed by atoms with Crippen LogP contribution in [0.25, 0.3) is 5.69 Å². The van der Waals surface area contributed by atoms with Crippen molar-refractivity contribution in [3.05, 3.63) is 77.9 Å². The van der Waals surface area contributed by atoms with Gasteiger partial charge in [0.05, 0.1) is 17.4 Å². The summed E-state index contributed by atoms with van der Waals surface area (Å²) in [4.78, 5) is 4.21. The van der Waals surface area contributed by atoms with E-state index in [0.717, 1.165) is 22.6 Å². The number of pyridine rings is 1. The van der Waals surface area contributed by atoms with Crippen molar-refractivity contribution >= 4 is 0 Å². The molecule has 0 fully saturated rings. The average molecular weight is 264 g/mol. The van der Waals surface area contributed by atoms with Crippen molar-refractivity contribution < 1.29 is 0 Å². The van der Waals surface area contributed by atoms with Crippen molar-refractivity contribution in [3.8, 4) is 5.69 Å². The maximum absolute atomic E-state index is 6.38. The van der Waals surface area contributed by atoms with Gasteiger partial charge in [0, 0.05) is 18.1 Å². The summed E-state index contributed by atoms with van der Waals surface area (Å²) in [7, 11) is 0. The van der Waals surface area contributed by atoms with Crippen molar-refractivity contribution in [2.45, 2.75) is 13.0 Å².